The molecule has 1 aromatic carbocycles. The molecule has 0 atom stereocenters. The minimum absolute atomic E-state index is 0.323. The number of hydrogen-bond acceptors (Lipinski definition) is 5. The van der Waals surface area contributed by atoms with Gasteiger partial charge >= 0.3 is 0 Å². The Kier molecular flexibility index (Phi) is 4.44. The van der Waals surface area contributed by atoms with Gasteiger partial charge in [-0.2, -0.15) is 0 Å². The van der Waals surface area contributed by atoms with Crippen LogP contribution in [-0.4, -0.2) is 25.2 Å². The first kappa shape index (κ1) is 17.8. The van der Waals surface area contributed by atoms with E-state index in [1.807, 2.05) is 36.8 Å². The van der Waals surface area contributed by atoms with Crippen LogP contribution < -0.4 is 16.8 Å². The molecule has 7 heteroatoms. The first-order chi connectivity index (χ1) is 14.2. The molecule has 148 valence electrons. The van der Waals surface area contributed by atoms with Gasteiger partial charge in [0.2, 0.25) is 0 Å². The zero-order chi connectivity index (χ0) is 19.8. The van der Waals surface area contributed by atoms with Crippen molar-refractivity contribution in [3.63, 3.8) is 0 Å². The normalized spacial score (nSPS) is 19.5. The molecule has 1 aliphatic rings. The van der Waals surface area contributed by atoms with Crippen LogP contribution in [0.1, 0.15) is 37.3 Å². The summed E-state index contributed by atoms with van der Waals surface area (Å²) in [5, 5.41) is 7.87. The average molecular weight is 387 g/mol. The minimum atomic E-state index is 0.323. The maximum absolute atomic E-state index is 6.06. The van der Waals surface area contributed by atoms with E-state index in [-0.39, 0.29) is 0 Å². The second-order valence-corrected chi connectivity index (χ2v) is 7.79. The van der Waals surface area contributed by atoms with Gasteiger partial charge in [-0.3, -0.25) is 0 Å². The van der Waals surface area contributed by atoms with Crippen LogP contribution >= 0.6 is 0 Å². The molecular formula is C22H25N7. The van der Waals surface area contributed by atoms with Crippen LogP contribution in [-0.2, 0) is 0 Å². The molecule has 29 heavy (non-hydrogen) atoms. The van der Waals surface area contributed by atoms with Gasteiger partial charge in [0.15, 0.2) is 5.65 Å². The number of aromatic nitrogens is 4. The van der Waals surface area contributed by atoms with E-state index >= 15 is 0 Å². The monoisotopic (exact) mass is 387 g/mol. The van der Waals surface area contributed by atoms with Crippen molar-refractivity contribution in [2.24, 2.45) is 5.73 Å². The fraction of sp³-hybridized carbons (Fsp3) is 0.273. The highest BCUT2D eigenvalue weighted by Gasteiger charge is 2.23. The fourth-order valence-electron chi connectivity index (χ4n) is 4.10. The molecular weight excluding hydrogens is 362 g/mol. The van der Waals surface area contributed by atoms with E-state index in [1.54, 1.807) is 4.52 Å². The summed E-state index contributed by atoms with van der Waals surface area (Å²) in [4.78, 5) is 4.89. The van der Waals surface area contributed by atoms with Crippen LogP contribution in [0.25, 0.3) is 11.3 Å². The van der Waals surface area contributed by atoms with Crippen molar-refractivity contribution in [1.29, 1.82) is 0 Å². The second-order valence-electron chi connectivity index (χ2n) is 7.79. The zero-order valence-corrected chi connectivity index (χ0v) is 16.2. The molecule has 0 spiro atoms. The van der Waals surface area contributed by atoms with Crippen molar-refractivity contribution in [2.75, 3.05) is 11.1 Å². The summed E-state index contributed by atoms with van der Waals surface area (Å²) < 4.78 is 3.86. The molecule has 0 amide bonds. The lowest BCUT2D eigenvalue weighted by Gasteiger charge is -2.24. The number of benzene rings is 1. The lowest BCUT2D eigenvalue weighted by atomic mass is 9.85. The van der Waals surface area contributed by atoms with E-state index in [4.69, 9.17) is 16.5 Å². The Morgan fingerprint density at radius 1 is 1.00 bits per heavy atom. The van der Waals surface area contributed by atoms with Crippen LogP contribution in [0.2, 0.25) is 0 Å². The molecule has 7 nitrogen and oxygen atoms in total. The summed E-state index contributed by atoms with van der Waals surface area (Å²) in [5.74, 6) is 0.894. The van der Waals surface area contributed by atoms with E-state index in [0.717, 1.165) is 54.1 Å². The van der Waals surface area contributed by atoms with Crippen LogP contribution in [0.5, 0.6) is 0 Å². The Morgan fingerprint density at radius 2 is 1.72 bits per heavy atom. The molecule has 3 heterocycles. The highest BCUT2D eigenvalue weighted by atomic mass is 15.3. The summed E-state index contributed by atoms with van der Waals surface area (Å²) in [6.07, 6.45) is 10.3. The molecule has 0 aliphatic heterocycles. The summed E-state index contributed by atoms with van der Waals surface area (Å²) in [7, 11) is 0. The molecule has 0 bridgehead atoms. The maximum atomic E-state index is 6.06. The van der Waals surface area contributed by atoms with Crippen molar-refractivity contribution in [1.82, 2.24) is 19.2 Å². The van der Waals surface area contributed by atoms with E-state index in [2.05, 4.69) is 39.2 Å². The number of nitrogens with zero attached hydrogens (tertiary/aromatic N) is 4. The number of nitrogens with one attached hydrogen (secondary N) is 1. The number of hydrogen-bond donors (Lipinski definition) is 3. The van der Waals surface area contributed by atoms with Gasteiger partial charge in [-0.25, -0.2) is 9.50 Å². The first-order valence-corrected chi connectivity index (χ1v) is 10.1. The Morgan fingerprint density at radius 3 is 2.45 bits per heavy atom. The summed E-state index contributed by atoms with van der Waals surface area (Å²) in [6.45, 7) is 0. The van der Waals surface area contributed by atoms with E-state index in [1.165, 1.54) is 0 Å². The zero-order valence-electron chi connectivity index (χ0n) is 16.2. The van der Waals surface area contributed by atoms with Crippen molar-refractivity contribution >= 4 is 22.8 Å². The third-order valence-electron chi connectivity index (χ3n) is 5.70. The molecule has 0 radical (unpaired) electrons. The predicted octanol–water partition coefficient (Wildman–Crippen LogP) is 3.83. The van der Waals surface area contributed by atoms with Gasteiger partial charge in [0, 0.05) is 41.8 Å². The quantitative estimate of drug-likeness (QED) is 0.494. The number of anilines is 3. The highest BCUT2D eigenvalue weighted by molar-refractivity contribution is 5.76. The van der Waals surface area contributed by atoms with Crippen LogP contribution in [0, 0.1) is 0 Å². The molecule has 0 unspecified atom stereocenters. The van der Waals surface area contributed by atoms with E-state index in [0.29, 0.717) is 17.8 Å². The molecule has 3 aromatic heterocycles. The second kappa shape index (κ2) is 7.25. The molecule has 4 aromatic rings. The van der Waals surface area contributed by atoms with Crippen molar-refractivity contribution in [2.45, 2.75) is 37.6 Å². The molecule has 5 rings (SSSR count). The van der Waals surface area contributed by atoms with Gasteiger partial charge in [0.05, 0.1) is 17.6 Å². The van der Waals surface area contributed by atoms with Crippen molar-refractivity contribution in [3.05, 3.63) is 66.7 Å². The van der Waals surface area contributed by atoms with Crippen LogP contribution in [0.3, 0.4) is 0 Å². The summed E-state index contributed by atoms with van der Waals surface area (Å²) in [5.41, 5.74) is 16.9. The molecule has 5 N–H and O–H groups in total. The van der Waals surface area contributed by atoms with Crippen LogP contribution in [0.15, 0.2) is 61.1 Å². The Bertz CT molecular complexity index is 1100. The molecule has 1 fully saturated rings. The van der Waals surface area contributed by atoms with Gasteiger partial charge in [-0.15, -0.1) is 5.10 Å². The van der Waals surface area contributed by atoms with Crippen molar-refractivity contribution < 1.29 is 0 Å². The number of rotatable bonds is 4. The SMILES string of the molecule is Nc1cc(Nc2ccc(-n3cccc3)cc2)c2nc(C3CCC(N)CC3)cn2n1. The van der Waals surface area contributed by atoms with E-state index < -0.39 is 0 Å². The third kappa shape index (κ3) is 3.56. The van der Waals surface area contributed by atoms with Crippen LogP contribution in [0.4, 0.5) is 17.2 Å². The molecule has 1 aliphatic carbocycles. The Balaban J connectivity index is 1.43. The first-order valence-electron chi connectivity index (χ1n) is 10.1. The van der Waals surface area contributed by atoms with Gasteiger partial charge < -0.3 is 21.4 Å². The maximum Gasteiger partial charge on any atom is 0.177 e. The highest BCUT2D eigenvalue weighted by Crippen LogP contribution is 2.33. The number of nitrogen functional groups attached to an aromatic ring is 1. The predicted molar refractivity (Wildman–Crippen MR) is 116 cm³/mol. The number of imidazole rings is 1. The number of fused-ring (bicyclic) bond motifs is 1. The lowest BCUT2D eigenvalue weighted by Crippen LogP contribution is -2.25. The number of nitrogens with two attached hydrogens (primary N) is 2. The lowest BCUT2D eigenvalue weighted by molar-refractivity contribution is 0.391. The summed E-state index contributed by atoms with van der Waals surface area (Å²) in [6, 6.07) is 14.4. The topological polar surface area (TPSA) is 99.2 Å². The van der Waals surface area contributed by atoms with E-state index in [9.17, 15) is 0 Å². The van der Waals surface area contributed by atoms with Crippen molar-refractivity contribution in [3.8, 4) is 5.69 Å². The fourth-order valence-corrected chi connectivity index (χ4v) is 4.10. The Labute approximate surface area is 169 Å². The van der Waals surface area contributed by atoms with Gasteiger partial charge in [-0.05, 0) is 62.1 Å². The Hall–Kier alpha value is -3.32. The smallest absolute Gasteiger partial charge is 0.177 e. The van der Waals surface area contributed by atoms with Gasteiger partial charge in [-0.1, -0.05) is 0 Å². The van der Waals surface area contributed by atoms with Gasteiger partial charge in [0.25, 0.3) is 0 Å². The van der Waals surface area contributed by atoms with Gasteiger partial charge in [0.1, 0.15) is 5.82 Å². The standard InChI is InChI=1S/C22H25N7/c23-16-5-3-15(4-6-16)20-14-29-22(26-20)19(13-21(24)27-29)25-17-7-9-18(10-8-17)28-11-1-2-12-28/h1-2,7-16,25H,3-6,23H2,(H2,24,27). The summed E-state index contributed by atoms with van der Waals surface area (Å²) >= 11 is 0. The molecule has 1 saturated carbocycles. The third-order valence-corrected chi connectivity index (χ3v) is 5.70. The molecule has 0 saturated heterocycles. The minimum Gasteiger partial charge on any atom is -0.382 e. The average Bonchev–Trinajstić information content (AvgIpc) is 3.39. The largest absolute Gasteiger partial charge is 0.382 e.